The SMILES string of the molecule is CC(C)(C)C1=NOC2CN(C(C)(C)C)CC12. The number of likely N-dealkylation sites (tertiary alicyclic amines) is 1. The van der Waals surface area contributed by atoms with E-state index in [0.717, 1.165) is 13.1 Å². The van der Waals surface area contributed by atoms with Gasteiger partial charge in [0.25, 0.3) is 0 Å². The van der Waals surface area contributed by atoms with E-state index in [4.69, 9.17) is 4.84 Å². The first kappa shape index (κ1) is 11.9. The Bertz CT molecular complexity index is 309. The molecule has 0 aliphatic carbocycles. The number of nitrogens with zero attached hydrogens (tertiary/aromatic N) is 2. The molecule has 2 aliphatic heterocycles. The molecule has 2 unspecified atom stereocenters. The zero-order valence-electron chi connectivity index (χ0n) is 11.4. The Hall–Kier alpha value is -0.570. The average molecular weight is 224 g/mol. The van der Waals surface area contributed by atoms with E-state index < -0.39 is 0 Å². The monoisotopic (exact) mass is 224 g/mol. The van der Waals surface area contributed by atoms with Crippen LogP contribution in [0.5, 0.6) is 0 Å². The van der Waals surface area contributed by atoms with Crippen molar-refractivity contribution in [2.24, 2.45) is 16.5 Å². The van der Waals surface area contributed by atoms with Crippen molar-refractivity contribution in [3.63, 3.8) is 0 Å². The summed E-state index contributed by atoms with van der Waals surface area (Å²) in [5.74, 6) is 0.499. The van der Waals surface area contributed by atoms with Crippen molar-refractivity contribution < 1.29 is 4.84 Å². The van der Waals surface area contributed by atoms with E-state index >= 15 is 0 Å². The molecule has 2 heterocycles. The van der Waals surface area contributed by atoms with E-state index in [1.54, 1.807) is 0 Å². The second kappa shape index (κ2) is 3.46. The summed E-state index contributed by atoms with van der Waals surface area (Å²) >= 11 is 0. The Morgan fingerprint density at radius 2 is 1.75 bits per heavy atom. The zero-order valence-corrected chi connectivity index (χ0v) is 11.4. The standard InChI is InChI=1S/C13H24N2O/c1-12(2,3)11-9-7-15(13(4,5)6)8-10(9)16-14-11/h9-10H,7-8H2,1-6H3. The van der Waals surface area contributed by atoms with E-state index in [1.165, 1.54) is 5.71 Å². The van der Waals surface area contributed by atoms with Gasteiger partial charge in [-0.05, 0) is 20.8 Å². The molecular formula is C13H24N2O. The minimum Gasteiger partial charge on any atom is -0.390 e. The highest BCUT2D eigenvalue weighted by Crippen LogP contribution is 2.36. The first-order valence-electron chi connectivity index (χ1n) is 6.19. The zero-order chi connectivity index (χ0) is 12.1. The molecule has 2 atom stereocenters. The lowest BCUT2D eigenvalue weighted by Crippen LogP contribution is -2.41. The van der Waals surface area contributed by atoms with Crippen molar-refractivity contribution in [2.75, 3.05) is 13.1 Å². The number of hydrogen-bond acceptors (Lipinski definition) is 3. The summed E-state index contributed by atoms with van der Waals surface area (Å²) in [4.78, 5) is 8.09. The Morgan fingerprint density at radius 1 is 1.12 bits per heavy atom. The summed E-state index contributed by atoms with van der Waals surface area (Å²) < 4.78 is 0. The van der Waals surface area contributed by atoms with Crippen LogP contribution in [0, 0.1) is 11.3 Å². The predicted octanol–water partition coefficient (Wildman–Crippen LogP) is 2.52. The first-order valence-corrected chi connectivity index (χ1v) is 6.19. The Labute approximate surface area is 98.8 Å². The summed E-state index contributed by atoms with van der Waals surface area (Å²) in [7, 11) is 0. The predicted molar refractivity (Wildman–Crippen MR) is 66.6 cm³/mol. The van der Waals surface area contributed by atoms with Gasteiger partial charge in [-0.25, -0.2) is 0 Å². The van der Waals surface area contributed by atoms with Crippen molar-refractivity contribution in [3.8, 4) is 0 Å². The molecule has 1 fully saturated rings. The quantitative estimate of drug-likeness (QED) is 0.631. The topological polar surface area (TPSA) is 24.8 Å². The molecule has 3 heteroatoms. The molecular weight excluding hydrogens is 200 g/mol. The number of oxime groups is 1. The fraction of sp³-hybridized carbons (Fsp3) is 0.923. The maximum Gasteiger partial charge on any atom is 0.149 e. The molecule has 0 aromatic carbocycles. The fourth-order valence-corrected chi connectivity index (χ4v) is 2.58. The summed E-state index contributed by atoms with van der Waals surface area (Å²) in [6.07, 6.45) is 0.286. The number of rotatable bonds is 0. The summed E-state index contributed by atoms with van der Waals surface area (Å²) in [6, 6.07) is 0. The molecule has 0 aromatic rings. The second-order valence-electron chi connectivity index (χ2n) is 7.05. The van der Waals surface area contributed by atoms with Crippen LogP contribution in [-0.4, -0.2) is 35.3 Å². The van der Waals surface area contributed by atoms with Gasteiger partial charge in [-0.2, -0.15) is 0 Å². The lowest BCUT2D eigenvalue weighted by Gasteiger charge is -2.32. The Morgan fingerprint density at radius 3 is 2.25 bits per heavy atom. The van der Waals surface area contributed by atoms with Crippen molar-refractivity contribution in [1.82, 2.24) is 4.90 Å². The third-order valence-electron chi connectivity index (χ3n) is 3.62. The fourth-order valence-electron chi connectivity index (χ4n) is 2.58. The van der Waals surface area contributed by atoms with Crippen molar-refractivity contribution in [1.29, 1.82) is 0 Å². The van der Waals surface area contributed by atoms with Crippen LogP contribution in [0.4, 0.5) is 0 Å². The van der Waals surface area contributed by atoms with Crippen LogP contribution in [0.1, 0.15) is 41.5 Å². The third-order valence-corrected chi connectivity index (χ3v) is 3.62. The number of fused-ring (bicyclic) bond motifs is 1. The summed E-state index contributed by atoms with van der Waals surface area (Å²) in [5.41, 5.74) is 1.61. The highest BCUT2D eigenvalue weighted by molar-refractivity contribution is 5.92. The van der Waals surface area contributed by atoms with Gasteiger partial charge < -0.3 is 4.84 Å². The Kier molecular flexibility index (Phi) is 2.57. The van der Waals surface area contributed by atoms with Crippen LogP contribution in [0.3, 0.4) is 0 Å². The lowest BCUT2D eigenvalue weighted by atomic mass is 9.81. The van der Waals surface area contributed by atoms with E-state index in [0.29, 0.717) is 5.92 Å². The summed E-state index contributed by atoms with van der Waals surface area (Å²) in [5, 5.41) is 4.30. The lowest BCUT2D eigenvalue weighted by molar-refractivity contribution is 0.0626. The average Bonchev–Trinajstić information content (AvgIpc) is 2.53. The molecule has 0 radical (unpaired) electrons. The molecule has 0 bridgehead atoms. The highest BCUT2D eigenvalue weighted by atomic mass is 16.6. The molecule has 0 amide bonds. The maximum absolute atomic E-state index is 5.59. The van der Waals surface area contributed by atoms with Gasteiger partial charge in [0.2, 0.25) is 0 Å². The second-order valence-corrected chi connectivity index (χ2v) is 7.05. The van der Waals surface area contributed by atoms with E-state index in [1.807, 2.05) is 0 Å². The van der Waals surface area contributed by atoms with Crippen molar-refractivity contribution in [3.05, 3.63) is 0 Å². The molecule has 0 saturated carbocycles. The molecule has 16 heavy (non-hydrogen) atoms. The van der Waals surface area contributed by atoms with Gasteiger partial charge in [0.15, 0.2) is 0 Å². The van der Waals surface area contributed by atoms with Crippen LogP contribution in [0.15, 0.2) is 5.16 Å². The van der Waals surface area contributed by atoms with Crippen LogP contribution in [0.2, 0.25) is 0 Å². The first-order chi connectivity index (χ1) is 7.19. The minimum atomic E-state index is 0.132. The van der Waals surface area contributed by atoms with E-state index in [9.17, 15) is 0 Å². The van der Waals surface area contributed by atoms with Gasteiger partial charge in [-0.15, -0.1) is 0 Å². The molecule has 1 saturated heterocycles. The molecule has 2 aliphatic rings. The molecule has 2 rings (SSSR count). The molecule has 3 nitrogen and oxygen atoms in total. The molecule has 0 spiro atoms. The van der Waals surface area contributed by atoms with Crippen LogP contribution < -0.4 is 0 Å². The van der Waals surface area contributed by atoms with Gasteiger partial charge in [-0.1, -0.05) is 25.9 Å². The van der Waals surface area contributed by atoms with Gasteiger partial charge in [0.05, 0.1) is 11.6 Å². The molecule has 0 N–H and O–H groups in total. The highest BCUT2D eigenvalue weighted by Gasteiger charge is 2.47. The van der Waals surface area contributed by atoms with Crippen LogP contribution >= 0.6 is 0 Å². The van der Waals surface area contributed by atoms with E-state index in [-0.39, 0.29) is 17.1 Å². The smallest absolute Gasteiger partial charge is 0.149 e. The van der Waals surface area contributed by atoms with Crippen molar-refractivity contribution >= 4 is 5.71 Å². The van der Waals surface area contributed by atoms with Gasteiger partial charge in [0, 0.05) is 24.0 Å². The molecule has 0 aromatic heterocycles. The largest absolute Gasteiger partial charge is 0.390 e. The minimum absolute atomic E-state index is 0.132. The summed E-state index contributed by atoms with van der Waals surface area (Å²) in [6.45, 7) is 15.6. The van der Waals surface area contributed by atoms with Crippen molar-refractivity contribution in [2.45, 2.75) is 53.2 Å². The Balaban J connectivity index is 2.12. The maximum atomic E-state index is 5.59. The normalized spacial score (nSPS) is 31.2. The van der Waals surface area contributed by atoms with Gasteiger partial charge in [-0.3, -0.25) is 4.90 Å². The van der Waals surface area contributed by atoms with E-state index in [2.05, 4.69) is 51.6 Å². The van der Waals surface area contributed by atoms with Crippen LogP contribution in [-0.2, 0) is 4.84 Å². The number of hydrogen-bond donors (Lipinski definition) is 0. The van der Waals surface area contributed by atoms with Gasteiger partial charge >= 0.3 is 0 Å². The van der Waals surface area contributed by atoms with Crippen LogP contribution in [0.25, 0.3) is 0 Å². The molecule has 92 valence electrons. The van der Waals surface area contributed by atoms with Gasteiger partial charge in [0.1, 0.15) is 6.10 Å². The third kappa shape index (κ3) is 1.97.